The minimum absolute atomic E-state index is 0.0785. The SMILES string of the molecule is CC(C)(C)c1ccc(C(=O)N2CCN(C(C#N)c3cccs3)CC2)cc1. The lowest BCUT2D eigenvalue weighted by atomic mass is 9.86. The minimum Gasteiger partial charge on any atom is -0.336 e. The first-order chi connectivity index (χ1) is 12.4. The number of hydrogen-bond acceptors (Lipinski definition) is 4. The molecule has 1 aromatic heterocycles. The number of hydrogen-bond donors (Lipinski definition) is 0. The fourth-order valence-corrected chi connectivity index (χ4v) is 4.05. The number of rotatable bonds is 3. The normalized spacial score (nSPS) is 16.9. The lowest BCUT2D eigenvalue weighted by Gasteiger charge is -2.36. The van der Waals surface area contributed by atoms with Crippen LogP contribution in [0.2, 0.25) is 0 Å². The molecule has 0 aliphatic carbocycles. The molecule has 2 aromatic rings. The topological polar surface area (TPSA) is 47.3 Å². The number of nitriles is 1. The van der Waals surface area contributed by atoms with E-state index in [1.807, 2.05) is 46.7 Å². The van der Waals surface area contributed by atoms with Gasteiger partial charge in [0, 0.05) is 36.6 Å². The molecule has 0 N–H and O–H groups in total. The Morgan fingerprint density at radius 1 is 1.12 bits per heavy atom. The minimum atomic E-state index is -0.210. The molecule has 1 amide bonds. The molecule has 1 fully saturated rings. The number of carbonyl (C=O) groups is 1. The van der Waals surface area contributed by atoms with Gasteiger partial charge in [0.2, 0.25) is 0 Å². The number of nitrogens with zero attached hydrogens (tertiary/aromatic N) is 3. The van der Waals surface area contributed by atoms with E-state index in [1.165, 1.54) is 5.56 Å². The van der Waals surface area contributed by atoms with Crippen molar-refractivity contribution in [3.05, 3.63) is 57.8 Å². The number of thiophene rings is 1. The van der Waals surface area contributed by atoms with Crippen LogP contribution in [0.25, 0.3) is 0 Å². The first kappa shape index (κ1) is 18.6. The van der Waals surface area contributed by atoms with E-state index >= 15 is 0 Å². The van der Waals surface area contributed by atoms with E-state index in [1.54, 1.807) is 11.3 Å². The first-order valence-electron chi connectivity index (χ1n) is 8.97. The smallest absolute Gasteiger partial charge is 0.253 e. The highest BCUT2D eigenvalue weighted by Crippen LogP contribution is 2.26. The van der Waals surface area contributed by atoms with Crippen LogP contribution in [-0.4, -0.2) is 41.9 Å². The average molecular weight is 368 g/mol. The van der Waals surface area contributed by atoms with Gasteiger partial charge in [-0.3, -0.25) is 9.69 Å². The van der Waals surface area contributed by atoms with Crippen LogP contribution in [0.3, 0.4) is 0 Å². The molecule has 2 heterocycles. The van der Waals surface area contributed by atoms with Gasteiger partial charge >= 0.3 is 0 Å². The molecule has 0 bridgehead atoms. The summed E-state index contributed by atoms with van der Waals surface area (Å²) in [5.41, 5.74) is 2.05. The zero-order valence-electron chi connectivity index (χ0n) is 15.6. The number of benzene rings is 1. The van der Waals surface area contributed by atoms with Crippen LogP contribution in [0.15, 0.2) is 41.8 Å². The first-order valence-corrected chi connectivity index (χ1v) is 9.85. The molecular formula is C21H25N3OS. The Labute approximate surface area is 159 Å². The standard InChI is InChI=1S/C21H25N3OS/c1-21(2,3)17-8-6-16(7-9-17)20(25)24-12-10-23(11-13-24)18(15-22)19-5-4-14-26-19/h4-9,14,18H,10-13H2,1-3H3. The zero-order valence-corrected chi connectivity index (χ0v) is 16.4. The maximum absolute atomic E-state index is 12.8. The van der Waals surface area contributed by atoms with E-state index in [9.17, 15) is 10.1 Å². The summed E-state index contributed by atoms with van der Waals surface area (Å²) >= 11 is 1.61. The fraction of sp³-hybridized carbons (Fsp3) is 0.429. The van der Waals surface area contributed by atoms with Crippen LogP contribution < -0.4 is 0 Å². The van der Waals surface area contributed by atoms with Gasteiger partial charge in [-0.1, -0.05) is 39.0 Å². The Morgan fingerprint density at radius 2 is 1.77 bits per heavy atom. The second-order valence-corrected chi connectivity index (χ2v) is 8.68. The summed E-state index contributed by atoms with van der Waals surface area (Å²) in [7, 11) is 0. The maximum atomic E-state index is 12.8. The molecule has 136 valence electrons. The van der Waals surface area contributed by atoms with Crippen molar-refractivity contribution in [3.63, 3.8) is 0 Å². The Kier molecular flexibility index (Phi) is 5.45. The van der Waals surface area contributed by atoms with Crippen molar-refractivity contribution < 1.29 is 4.79 Å². The van der Waals surface area contributed by atoms with Gasteiger partial charge in [-0.05, 0) is 34.6 Å². The molecule has 3 rings (SSSR count). The van der Waals surface area contributed by atoms with E-state index in [2.05, 4.69) is 31.7 Å². The highest BCUT2D eigenvalue weighted by molar-refractivity contribution is 7.10. The van der Waals surface area contributed by atoms with Gasteiger partial charge in [0.1, 0.15) is 6.04 Å². The van der Waals surface area contributed by atoms with Gasteiger partial charge in [0.05, 0.1) is 6.07 Å². The maximum Gasteiger partial charge on any atom is 0.253 e. The molecule has 4 nitrogen and oxygen atoms in total. The summed E-state index contributed by atoms with van der Waals surface area (Å²) in [5.74, 6) is 0.0785. The summed E-state index contributed by atoms with van der Waals surface area (Å²) in [6.45, 7) is 9.27. The second kappa shape index (κ2) is 7.61. The van der Waals surface area contributed by atoms with Crippen molar-refractivity contribution >= 4 is 17.2 Å². The summed E-state index contributed by atoms with van der Waals surface area (Å²) in [5, 5.41) is 11.5. The Bertz CT molecular complexity index is 776. The van der Waals surface area contributed by atoms with Crippen LogP contribution in [0.5, 0.6) is 0 Å². The third-order valence-corrected chi connectivity index (χ3v) is 5.82. The monoisotopic (exact) mass is 367 g/mol. The van der Waals surface area contributed by atoms with Crippen LogP contribution in [0.4, 0.5) is 0 Å². The Hall–Kier alpha value is -2.16. The molecule has 5 heteroatoms. The lowest BCUT2D eigenvalue weighted by molar-refractivity contribution is 0.0608. The van der Waals surface area contributed by atoms with Gasteiger partial charge in [-0.15, -0.1) is 11.3 Å². The van der Waals surface area contributed by atoms with Gasteiger partial charge < -0.3 is 4.90 Å². The molecular weight excluding hydrogens is 342 g/mol. The molecule has 1 atom stereocenters. The quantitative estimate of drug-likeness (QED) is 0.822. The van der Waals surface area contributed by atoms with E-state index in [0.717, 1.165) is 23.5 Å². The number of carbonyl (C=O) groups excluding carboxylic acids is 1. The molecule has 1 unspecified atom stereocenters. The van der Waals surface area contributed by atoms with Crippen molar-refractivity contribution in [1.82, 2.24) is 9.80 Å². The van der Waals surface area contributed by atoms with Crippen LogP contribution in [0.1, 0.15) is 47.6 Å². The van der Waals surface area contributed by atoms with E-state index in [-0.39, 0.29) is 17.4 Å². The molecule has 0 radical (unpaired) electrons. The summed E-state index contributed by atoms with van der Waals surface area (Å²) in [6, 6.07) is 14.1. The molecule has 1 aromatic carbocycles. The summed E-state index contributed by atoms with van der Waals surface area (Å²) in [6.07, 6.45) is 0. The Balaban J connectivity index is 1.63. The van der Waals surface area contributed by atoms with Gasteiger partial charge in [-0.25, -0.2) is 0 Å². The molecule has 0 spiro atoms. The zero-order chi connectivity index (χ0) is 18.7. The van der Waals surface area contributed by atoms with Gasteiger partial charge in [0.15, 0.2) is 0 Å². The third kappa shape index (κ3) is 3.98. The Morgan fingerprint density at radius 3 is 2.27 bits per heavy atom. The predicted octanol–water partition coefficient (Wildman–Crippen LogP) is 4.07. The second-order valence-electron chi connectivity index (χ2n) is 7.70. The highest BCUT2D eigenvalue weighted by Gasteiger charge is 2.28. The highest BCUT2D eigenvalue weighted by atomic mass is 32.1. The van der Waals surface area contributed by atoms with Crippen molar-refractivity contribution in [1.29, 1.82) is 5.26 Å². The van der Waals surface area contributed by atoms with E-state index < -0.39 is 0 Å². The van der Waals surface area contributed by atoms with Crippen LogP contribution >= 0.6 is 11.3 Å². The summed E-state index contributed by atoms with van der Waals surface area (Å²) in [4.78, 5) is 17.9. The number of amides is 1. The van der Waals surface area contributed by atoms with Gasteiger partial charge in [-0.2, -0.15) is 5.26 Å². The summed E-state index contributed by atoms with van der Waals surface area (Å²) < 4.78 is 0. The van der Waals surface area contributed by atoms with Crippen molar-refractivity contribution in [3.8, 4) is 6.07 Å². The molecule has 1 aliphatic rings. The third-order valence-electron chi connectivity index (χ3n) is 4.90. The largest absolute Gasteiger partial charge is 0.336 e. The average Bonchev–Trinajstić information content (AvgIpc) is 3.16. The molecule has 26 heavy (non-hydrogen) atoms. The van der Waals surface area contributed by atoms with Crippen molar-refractivity contribution in [2.24, 2.45) is 0 Å². The number of piperazine rings is 1. The molecule has 1 aliphatic heterocycles. The van der Waals surface area contributed by atoms with E-state index in [4.69, 9.17) is 0 Å². The molecule has 1 saturated heterocycles. The van der Waals surface area contributed by atoms with Crippen molar-refractivity contribution in [2.75, 3.05) is 26.2 Å². The van der Waals surface area contributed by atoms with Crippen LogP contribution in [0, 0.1) is 11.3 Å². The lowest BCUT2D eigenvalue weighted by Crippen LogP contribution is -2.49. The molecule has 0 saturated carbocycles. The van der Waals surface area contributed by atoms with Gasteiger partial charge in [0.25, 0.3) is 5.91 Å². The van der Waals surface area contributed by atoms with Crippen molar-refractivity contribution in [2.45, 2.75) is 32.2 Å². The fourth-order valence-electron chi connectivity index (χ4n) is 3.25. The predicted molar refractivity (Wildman–Crippen MR) is 105 cm³/mol. The van der Waals surface area contributed by atoms with E-state index in [0.29, 0.717) is 13.1 Å². The van der Waals surface area contributed by atoms with Crippen LogP contribution in [-0.2, 0) is 5.41 Å².